The number of hydrogen-bond acceptors (Lipinski definition) is 9. The van der Waals surface area contributed by atoms with E-state index in [4.69, 9.17) is 18.9 Å². The Morgan fingerprint density at radius 3 is 2.19 bits per heavy atom. The number of carbonyl (C=O) groups is 3. The Bertz CT molecular complexity index is 1740. The molecule has 1 fully saturated rings. The van der Waals surface area contributed by atoms with Crippen LogP contribution in [0.5, 0.6) is 5.75 Å². The van der Waals surface area contributed by atoms with Crippen LogP contribution >= 0.6 is 0 Å². The number of fused-ring (bicyclic) bond motifs is 1. The van der Waals surface area contributed by atoms with E-state index in [2.05, 4.69) is 32.7 Å². The predicted molar refractivity (Wildman–Crippen MR) is 177 cm³/mol. The van der Waals surface area contributed by atoms with Crippen molar-refractivity contribution in [1.29, 1.82) is 0 Å². The van der Waals surface area contributed by atoms with Crippen LogP contribution in [0.4, 0.5) is 4.39 Å². The lowest BCUT2D eigenvalue weighted by Gasteiger charge is -2.21. The molecule has 1 aromatic heterocycles. The number of benzene rings is 3. The predicted octanol–water partition coefficient (Wildman–Crippen LogP) is 3.13. The summed E-state index contributed by atoms with van der Waals surface area (Å²) in [7, 11) is 1.59. The van der Waals surface area contributed by atoms with Gasteiger partial charge in [-0.25, -0.2) is 4.39 Å². The Labute approximate surface area is 277 Å². The van der Waals surface area contributed by atoms with Crippen molar-refractivity contribution < 1.29 is 37.7 Å². The zero-order chi connectivity index (χ0) is 33.9. The maximum atomic E-state index is 15.4. The monoisotopic (exact) mass is 659 g/mol. The van der Waals surface area contributed by atoms with Gasteiger partial charge in [-0.2, -0.15) is 5.10 Å². The standard InChI is InChI=1S/C35H38FN5O7/c1-3-22-10-11-30(48-17-16-47-15-14-46-13-12-45-2)31(32(22)36)33(42)23-4-6-24(7-5-23)34(43)39-28-20-37-21-29(28)40-35(44)25-8-9-26-19-38-41-27(26)18-25/h3-11,18-19,28-29,37H,1,12-17,20-21H2,2H3,(H,38,41)(H,39,43)(H,40,44)/t28-,29-/m1/s1. The van der Waals surface area contributed by atoms with Crippen molar-refractivity contribution in [3.05, 3.63) is 101 Å². The molecule has 13 heteroatoms. The minimum Gasteiger partial charge on any atom is -0.490 e. The summed E-state index contributed by atoms with van der Waals surface area (Å²) in [4.78, 5) is 39.6. The number of ketones is 1. The van der Waals surface area contributed by atoms with Crippen molar-refractivity contribution in [3.8, 4) is 5.75 Å². The second kappa shape index (κ2) is 16.7. The molecule has 48 heavy (non-hydrogen) atoms. The van der Waals surface area contributed by atoms with Crippen LogP contribution in [0, 0.1) is 5.82 Å². The van der Waals surface area contributed by atoms with Gasteiger partial charge < -0.3 is 34.9 Å². The molecule has 1 saturated heterocycles. The Morgan fingerprint density at radius 1 is 0.875 bits per heavy atom. The molecular weight excluding hydrogens is 621 g/mol. The zero-order valence-electron chi connectivity index (χ0n) is 26.6. The second-order valence-electron chi connectivity index (χ2n) is 11.0. The first kappa shape index (κ1) is 34.4. The molecule has 3 aromatic carbocycles. The van der Waals surface area contributed by atoms with Gasteiger partial charge in [0.05, 0.1) is 56.8 Å². The molecule has 0 radical (unpaired) electrons. The van der Waals surface area contributed by atoms with Crippen LogP contribution in [0.1, 0.15) is 42.2 Å². The molecule has 0 spiro atoms. The van der Waals surface area contributed by atoms with E-state index in [-0.39, 0.29) is 59.6 Å². The number of carbonyl (C=O) groups excluding carboxylic acids is 3. The number of methoxy groups -OCH3 is 1. The number of hydrogen-bond donors (Lipinski definition) is 4. The Morgan fingerprint density at radius 2 is 1.50 bits per heavy atom. The average Bonchev–Trinajstić information content (AvgIpc) is 3.76. The molecular formula is C35H38FN5O7. The maximum Gasteiger partial charge on any atom is 0.251 e. The molecule has 5 rings (SSSR count). The van der Waals surface area contributed by atoms with Crippen molar-refractivity contribution in [2.45, 2.75) is 12.1 Å². The summed E-state index contributed by atoms with van der Waals surface area (Å²) < 4.78 is 36.9. The lowest BCUT2D eigenvalue weighted by molar-refractivity contribution is 0.0179. The SMILES string of the molecule is C=Cc1ccc(OCCOCCOCCOC)c(C(=O)c2ccc(C(=O)N[C@@H]3CNC[C@H]3NC(=O)c3ccc4cn[nH]c4c3)cc2)c1F. The number of nitrogens with one attached hydrogen (secondary N) is 4. The summed E-state index contributed by atoms with van der Waals surface area (Å²) in [5.41, 5.74) is 1.60. The van der Waals surface area contributed by atoms with E-state index in [0.29, 0.717) is 50.6 Å². The normalized spacial score (nSPS) is 15.7. The largest absolute Gasteiger partial charge is 0.490 e. The van der Waals surface area contributed by atoms with Gasteiger partial charge >= 0.3 is 0 Å². The van der Waals surface area contributed by atoms with E-state index in [0.717, 1.165) is 10.9 Å². The fourth-order valence-electron chi connectivity index (χ4n) is 5.22. The van der Waals surface area contributed by atoms with Gasteiger partial charge in [-0.3, -0.25) is 19.5 Å². The van der Waals surface area contributed by atoms with Crippen LogP contribution in [0.3, 0.4) is 0 Å². The molecule has 0 aliphatic carbocycles. The van der Waals surface area contributed by atoms with Crippen LogP contribution in [-0.2, 0) is 14.2 Å². The van der Waals surface area contributed by atoms with Gasteiger partial charge in [-0.15, -0.1) is 0 Å². The minimum atomic E-state index is -0.756. The number of amides is 2. The van der Waals surface area contributed by atoms with Gasteiger partial charge in [0.1, 0.15) is 23.7 Å². The lowest BCUT2D eigenvalue weighted by atomic mass is 9.98. The number of H-pyrrole nitrogens is 1. The number of ether oxygens (including phenoxy) is 4. The number of aromatic amines is 1. The topological polar surface area (TPSA) is 153 Å². The van der Waals surface area contributed by atoms with Crippen LogP contribution in [-0.4, -0.2) is 99.7 Å². The fraction of sp³-hybridized carbons (Fsp3) is 0.314. The highest BCUT2D eigenvalue weighted by atomic mass is 19.1. The van der Waals surface area contributed by atoms with Gasteiger partial charge in [-0.1, -0.05) is 30.9 Å². The summed E-state index contributed by atoms with van der Waals surface area (Å²) in [6.45, 7) is 6.55. The van der Waals surface area contributed by atoms with Crippen LogP contribution in [0.2, 0.25) is 0 Å². The molecule has 12 nitrogen and oxygen atoms in total. The molecule has 0 unspecified atom stereocenters. The minimum absolute atomic E-state index is 0.0659. The summed E-state index contributed by atoms with van der Waals surface area (Å²) in [5, 5.41) is 16.9. The van der Waals surface area contributed by atoms with Crippen LogP contribution in [0.15, 0.2) is 67.4 Å². The molecule has 1 aliphatic rings. The first-order chi connectivity index (χ1) is 23.4. The molecule has 0 bridgehead atoms. The van der Waals surface area contributed by atoms with E-state index in [9.17, 15) is 14.4 Å². The first-order valence-corrected chi connectivity index (χ1v) is 15.5. The molecule has 0 saturated carbocycles. The Kier molecular flexibility index (Phi) is 12.0. The lowest BCUT2D eigenvalue weighted by Crippen LogP contribution is -2.51. The molecule has 2 atom stereocenters. The molecule has 2 amide bonds. The van der Waals surface area contributed by atoms with Crippen molar-refractivity contribution in [1.82, 2.24) is 26.1 Å². The van der Waals surface area contributed by atoms with Crippen LogP contribution < -0.4 is 20.7 Å². The van der Waals surface area contributed by atoms with Crippen molar-refractivity contribution in [2.75, 3.05) is 59.8 Å². The van der Waals surface area contributed by atoms with Gasteiger partial charge in [0.25, 0.3) is 11.8 Å². The Hall–Kier alpha value is -4.95. The van der Waals surface area contributed by atoms with Crippen molar-refractivity contribution >= 4 is 34.6 Å². The highest BCUT2D eigenvalue weighted by molar-refractivity contribution is 6.11. The second-order valence-corrected chi connectivity index (χ2v) is 11.0. The van der Waals surface area contributed by atoms with Gasteiger partial charge in [0, 0.05) is 47.8 Å². The van der Waals surface area contributed by atoms with Gasteiger partial charge in [0.2, 0.25) is 0 Å². The fourth-order valence-corrected chi connectivity index (χ4v) is 5.22. The molecule has 252 valence electrons. The van der Waals surface area contributed by atoms with Crippen LogP contribution in [0.25, 0.3) is 17.0 Å². The number of nitrogens with zero attached hydrogens (tertiary/aromatic N) is 1. The van der Waals surface area contributed by atoms with E-state index >= 15 is 4.39 Å². The van der Waals surface area contributed by atoms with E-state index in [1.807, 2.05) is 6.07 Å². The van der Waals surface area contributed by atoms with Gasteiger partial charge in [0.15, 0.2) is 5.78 Å². The zero-order valence-corrected chi connectivity index (χ0v) is 26.6. The number of halogens is 1. The Balaban J connectivity index is 1.18. The quantitative estimate of drug-likeness (QED) is 0.0990. The highest BCUT2D eigenvalue weighted by Gasteiger charge is 2.30. The number of aromatic nitrogens is 2. The molecule has 4 aromatic rings. The van der Waals surface area contributed by atoms with Crippen molar-refractivity contribution in [3.63, 3.8) is 0 Å². The summed E-state index contributed by atoms with van der Waals surface area (Å²) in [6.07, 6.45) is 3.00. The average molecular weight is 660 g/mol. The highest BCUT2D eigenvalue weighted by Crippen LogP contribution is 2.28. The maximum absolute atomic E-state index is 15.4. The summed E-state index contributed by atoms with van der Waals surface area (Å²) >= 11 is 0. The third-order valence-corrected chi connectivity index (χ3v) is 7.83. The van der Waals surface area contributed by atoms with Gasteiger partial charge in [-0.05, 0) is 36.4 Å². The smallest absolute Gasteiger partial charge is 0.251 e. The van der Waals surface area contributed by atoms with E-state index in [1.54, 1.807) is 25.4 Å². The summed E-state index contributed by atoms with van der Waals surface area (Å²) in [5.74, 6) is -1.95. The number of rotatable bonds is 17. The van der Waals surface area contributed by atoms with Crippen molar-refractivity contribution in [2.24, 2.45) is 0 Å². The molecule has 2 heterocycles. The molecule has 1 aliphatic heterocycles. The third-order valence-electron chi connectivity index (χ3n) is 7.83. The van der Waals surface area contributed by atoms with E-state index in [1.165, 1.54) is 42.5 Å². The molecule has 4 N–H and O–H groups in total. The summed E-state index contributed by atoms with van der Waals surface area (Å²) in [6, 6.07) is 13.5. The first-order valence-electron chi connectivity index (χ1n) is 15.5. The third kappa shape index (κ3) is 8.49. The van der Waals surface area contributed by atoms with E-state index < -0.39 is 11.6 Å².